The van der Waals surface area contributed by atoms with Crippen LogP contribution in [0.4, 0.5) is 14.5 Å². The van der Waals surface area contributed by atoms with E-state index in [2.05, 4.69) is 0 Å². The molecule has 0 aromatic heterocycles. The van der Waals surface area contributed by atoms with Crippen molar-refractivity contribution >= 4 is 23.3 Å². The fourth-order valence-electron chi connectivity index (χ4n) is 1.56. The predicted octanol–water partition coefficient (Wildman–Crippen LogP) is 3.56. The molecule has 0 saturated carbocycles. The molecule has 0 fully saturated rings. The average molecular weight is 298 g/mol. The first-order valence-corrected chi connectivity index (χ1v) is 6.01. The number of carbonyl (C=O) groups is 1. The normalized spacial score (nSPS) is 10.3. The second-order valence-electron chi connectivity index (χ2n) is 4.05. The third-order valence-corrected chi connectivity index (χ3v) is 2.90. The minimum atomic E-state index is -0.777. The first-order chi connectivity index (χ1) is 9.47. The molecule has 0 bridgehead atoms. The van der Waals surface area contributed by atoms with Gasteiger partial charge in [-0.1, -0.05) is 11.6 Å². The zero-order chi connectivity index (χ0) is 14.7. The molecule has 0 saturated heterocycles. The Hall–Kier alpha value is -2.14. The second-order valence-corrected chi connectivity index (χ2v) is 4.46. The molecule has 2 aromatic carbocycles. The average Bonchev–Trinajstić information content (AvgIpc) is 2.37. The fourth-order valence-corrected chi connectivity index (χ4v) is 1.82. The summed E-state index contributed by atoms with van der Waals surface area (Å²) in [6, 6.07) is 7.35. The standard InChI is InChI=1S/C14H10ClF2NO2/c15-12-6-10(18)3-4-11(12)14(19)20-7-8-1-2-9(16)5-13(8)17/h1-6H,7,18H2. The van der Waals surface area contributed by atoms with E-state index in [0.29, 0.717) is 5.69 Å². The number of hydrogen-bond donors (Lipinski definition) is 1. The van der Waals surface area contributed by atoms with Crippen molar-refractivity contribution in [2.24, 2.45) is 0 Å². The van der Waals surface area contributed by atoms with Crippen LogP contribution >= 0.6 is 11.6 Å². The topological polar surface area (TPSA) is 52.3 Å². The van der Waals surface area contributed by atoms with Gasteiger partial charge in [-0.05, 0) is 30.3 Å². The molecule has 0 unspecified atom stereocenters. The number of anilines is 1. The highest BCUT2D eigenvalue weighted by Gasteiger charge is 2.13. The molecule has 0 aliphatic heterocycles. The molecule has 0 aliphatic rings. The van der Waals surface area contributed by atoms with Crippen molar-refractivity contribution in [3.63, 3.8) is 0 Å². The van der Waals surface area contributed by atoms with Crippen LogP contribution in [-0.2, 0) is 11.3 Å². The van der Waals surface area contributed by atoms with Gasteiger partial charge in [-0.3, -0.25) is 0 Å². The Morgan fingerprint density at radius 3 is 2.60 bits per heavy atom. The molecule has 0 radical (unpaired) electrons. The number of hydrogen-bond acceptors (Lipinski definition) is 3. The molecular weight excluding hydrogens is 288 g/mol. The lowest BCUT2D eigenvalue weighted by molar-refractivity contribution is 0.0469. The van der Waals surface area contributed by atoms with Crippen molar-refractivity contribution in [2.45, 2.75) is 6.61 Å². The first kappa shape index (κ1) is 14.3. The summed E-state index contributed by atoms with van der Waals surface area (Å²) < 4.78 is 31.0. The Kier molecular flexibility index (Phi) is 4.20. The third-order valence-electron chi connectivity index (χ3n) is 2.59. The molecule has 0 heterocycles. The van der Waals surface area contributed by atoms with Crippen LogP contribution in [-0.4, -0.2) is 5.97 Å². The van der Waals surface area contributed by atoms with Crippen LogP contribution in [0.15, 0.2) is 36.4 Å². The molecule has 0 amide bonds. The van der Waals surface area contributed by atoms with Crippen LogP contribution in [0.25, 0.3) is 0 Å². The summed E-state index contributed by atoms with van der Waals surface area (Å²) in [5, 5.41) is 0.148. The van der Waals surface area contributed by atoms with Gasteiger partial charge in [0.2, 0.25) is 0 Å². The number of nitrogens with two attached hydrogens (primary N) is 1. The number of halogens is 3. The molecule has 3 nitrogen and oxygen atoms in total. The van der Waals surface area contributed by atoms with E-state index in [1.165, 1.54) is 24.3 Å². The lowest BCUT2D eigenvalue weighted by atomic mass is 10.2. The van der Waals surface area contributed by atoms with Crippen molar-refractivity contribution in [3.05, 3.63) is 64.2 Å². The number of rotatable bonds is 3. The lowest BCUT2D eigenvalue weighted by Gasteiger charge is -2.07. The van der Waals surface area contributed by atoms with E-state index in [-0.39, 0.29) is 22.8 Å². The Labute approximate surface area is 118 Å². The quantitative estimate of drug-likeness (QED) is 0.696. The van der Waals surface area contributed by atoms with Gasteiger partial charge in [0.25, 0.3) is 0 Å². The second kappa shape index (κ2) is 5.88. The first-order valence-electron chi connectivity index (χ1n) is 5.63. The van der Waals surface area contributed by atoms with Gasteiger partial charge in [-0.2, -0.15) is 0 Å². The number of nitrogen functional groups attached to an aromatic ring is 1. The summed E-state index contributed by atoms with van der Waals surface area (Å²) in [5.74, 6) is -2.18. The molecular formula is C14H10ClF2NO2. The highest BCUT2D eigenvalue weighted by Crippen LogP contribution is 2.20. The SMILES string of the molecule is Nc1ccc(C(=O)OCc2ccc(F)cc2F)c(Cl)c1. The smallest absolute Gasteiger partial charge is 0.339 e. The van der Waals surface area contributed by atoms with E-state index in [9.17, 15) is 13.6 Å². The molecule has 0 atom stereocenters. The number of benzene rings is 2. The van der Waals surface area contributed by atoms with Gasteiger partial charge in [0.15, 0.2) is 0 Å². The molecule has 2 aromatic rings. The van der Waals surface area contributed by atoms with E-state index < -0.39 is 17.6 Å². The van der Waals surface area contributed by atoms with E-state index in [4.69, 9.17) is 22.1 Å². The highest BCUT2D eigenvalue weighted by atomic mass is 35.5. The van der Waals surface area contributed by atoms with Crippen molar-refractivity contribution in [1.29, 1.82) is 0 Å². The molecule has 0 aliphatic carbocycles. The monoisotopic (exact) mass is 297 g/mol. The maximum atomic E-state index is 13.4. The molecule has 2 rings (SSSR count). The molecule has 0 spiro atoms. The fraction of sp³-hybridized carbons (Fsp3) is 0.0714. The van der Waals surface area contributed by atoms with Crippen LogP contribution in [0.5, 0.6) is 0 Å². The van der Waals surface area contributed by atoms with Gasteiger partial charge in [0, 0.05) is 17.3 Å². The summed E-state index contributed by atoms with van der Waals surface area (Å²) >= 11 is 5.85. The van der Waals surface area contributed by atoms with Crippen LogP contribution in [0.3, 0.4) is 0 Å². The predicted molar refractivity (Wildman–Crippen MR) is 71.3 cm³/mol. The van der Waals surface area contributed by atoms with Gasteiger partial charge in [0.05, 0.1) is 10.6 Å². The molecule has 104 valence electrons. The summed E-state index contributed by atoms with van der Waals surface area (Å²) in [7, 11) is 0. The summed E-state index contributed by atoms with van der Waals surface area (Å²) in [5.41, 5.74) is 6.12. The summed E-state index contributed by atoms with van der Waals surface area (Å²) in [6.07, 6.45) is 0. The van der Waals surface area contributed by atoms with Crippen LogP contribution in [0, 0.1) is 11.6 Å². The lowest BCUT2D eigenvalue weighted by Crippen LogP contribution is -2.07. The van der Waals surface area contributed by atoms with Gasteiger partial charge >= 0.3 is 5.97 Å². The molecule has 6 heteroatoms. The van der Waals surface area contributed by atoms with Crippen LogP contribution in [0.2, 0.25) is 5.02 Å². The number of ether oxygens (including phenoxy) is 1. The van der Waals surface area contributed by atoms with Gasteiger partial charge in [0.1, 0.15) is 18.2 Å². The minimum Gasteiger partial charge on any atom is -0.457 e. The van der Waals surface area contributed by atoms with Gasteiger partial charge in [-0.15, -0.1) is 0 Å². The van der Waals surface area contributed by atoms with E-state index in [1.807, 2.05) is 0 Å². The Morgan fingerprint density at radius 2 is 1.95 bits per heavy atom. The van der Waals surface area contributed by atoms with Crippen molar-refractivity contribution in [2.75, 3.05) is 5.73 Å². The summed E-state index contributed by atoms with van der Waals surface area (Å²) in [6.45, 7) is -0.314. The zero-order valence-electron chi connectivity index (χ0n) is 10.2. The van der Waals surface area contributed by atoms with Gasteiger partial charge in [-0.25, -0.2) is 13.6 Å². The Balaban J connectivity index is 2.08. The van der Waals surface area contributed by atoms with Crippen LogP contribution < -0.4 is 5.73 Å². The van der Waals surface area contributed by atoms with Crippen LogP contribution in [0.1, 0.15) is 15.9 Å². The van der Waals surface area contributed by atoms with Crippen molar-refractivity contribution in [1.82, 2.24) is 0 Å². The third kappa shape index (κ3) is 3.24. The summed E-state index contributed by atoms with van der Waals surface area (Å²) in [4.78, 5) is 11.8. The maximum absolute atomic E-state index is 13.4. The highest BCUT2D eigenvalue weighted by molar-refractivity contribution is 6.33. The van der Waals surface area contributed by atoms with E-state index in [0.717, 1.165) is 12.1 Å². The zero-order valence-corrected chi connectivity index (χ0v) is 11.0. The largest absolute Gasteiger partial charge is 0.457 e. The Bertz CT molecular complexity index is 662. The van der Waals surface area contributed by atoms with E-state index in [1.54, 1.807) is 0 Å². The van der Waals surface area contributed by atoms with E-state index >= 15 is 0 Å². The molecule has 2 N–H and O–H groups in total. The van der Waals surface area contributed by atoms with Crippen molar-refractivity contribution < 1.29 is 18.3 Å². The number of esters is 1. The Morgan fingerprint density at radius 1 is 1.20 bits per heavy atom. The van der Waals surface area contributed by atoms with Crippen molar-refractivity contribution in [3.8, 4) is 0 Å². The van der Waals surface area contributed by atoms with Gasteiger partial charge < -0.3 is 10.5 Å². The molecule has 20 heavy (non-hydrogen) atoms. The minimum absolute atomic E-state index is 0.0753. The maximum Gasteiger partial charge on any atom is 0.339 e. The number of carbonyl (C=O) groups excluding carboxylic acids is 1.